The van der Waals surface area contributed by atoms with E-state index in [2.05, 4.69) is 63.6 Å². The number of rotatable bonds is 2. The van der Waals surface area contributed by atoms with Gasteiger partial charge in [0.05, 0.1) is 0 Å². The molecule has 1 heteroatoms. The van der Waals surface area contributed by atoms with Crippen molar-refractivity contribution in [2.24, 2.45) is 0 Å². The van der Waals surface area contributed by atoms with E-state index in [1.54, 1.807) is 0 Å². The summed E-state index contributed by atoms with van der Waals surface area (Å²) in [6, 6.07) is 0. The molecule has 0 saturated heterocycles. The second-order valence-corrected chi connectivity index (χ2v) is 4.00. The van der Waals surface area contributed by atoms with Gasteiger partial charge >= 0.3 is 73.2 Å². The van der Waals surface area contributed by atoms with E-state index in [0.29, 0.717) is 9.63 Å². The van der Waals surface area contributed by atoms with Crippen molar-refractivity contribution in [3.63, 3.8) is 0 Å². The normalized spacial score (nSPS) is 22.9. The van der Waals surface area contributed by atoms with Crippen molar-refractivity contribution in [1.29, 1.82) is 0 Å². The third-order valence-corrected chi connectivity index (χ3v) is 3.03. The Balaban J connectivity index is 1.90. The van der Waals surface area contributed by atoms with Crippen LogP contribution in [0.3, 0.4) is 0 Å². The van der Waals surface area contributed by atoms with E-state index in [1.165, 1.54) is 0 Å². The van der Waals surface area contributed by atoms with E-state index in [1.807, 2.05) is 0 Å². The van der Waals surface area contributed by atoms with Gasteiger partial charge in [-0.2, -0.15) is 0 Å². The number of hydrogen-bond acceptors (Lipinski definition) is 0. The first-order chi connectivity index (χ1) is 5.45. The maximum atomic E-state index is 2.22. The molecule has 0 aromatic carbocycles. The van der Waals surface area contributed by atoms with E-state index in [4.69, 9.17) is 0 Å². The van der Waals surface area contributed by atoms with Gasteiger partial charge in [0.1, 0.15) is 0 Å². The van der Waals surface area contributed by atoms with Crippen LogP contribution in [0.15, 0.2) is 48.6 Å². The molecule has 0 atom stereocenters. The summed E-state index contributed by atoms with van der Waals surface area (Å²) in [4.78, 5) is 1.16. The summed E-state index contributed by atoms with van der Waals surface area (Å²) in [6.45, 7) is 0. The van der Waals surface area contributed by atoms with Gasteiger partial charge in [0.15, 0.2) is 0 Å². The van der Waals surface area contributed by atoms with Crippen molar-refractivity contribution >= 4 is 0 Å². The number of allylic oxidation sites excluding steroid dienone is 8. The van der Waals surface area contributed by atoms with E-state index >= 15 is 0 Å². The molecule has 2 aliphatic carbocycles. The summed E-state index contributed by atoms with van der Waals surface area (Å²) in [6.07, 6.45) is 17.3. The fourth-order valence-electron chi connectivity index (χ4n) is 1.04. The zero-order valence-corrected chi connectivity index (χ0v) is 7.02. The van der Waals surface area contributed by atoms with Crippen LogP contribution in [0.25, 0.3) is 0 Å². The first-order valence-corrected chi connectivity index (χ1v) is 4.77. The van der Waals surface area contributed by atoms with Gasteiger partial charge in [0.2, 0.25) is 0 Å². The summed E-state index contributed by atoms with van der Waals surface area (Å²) in [5.41, 5.74) is 0. The van der Waals surface area contributed by atoms with Crippen LogP contribution < -0.4 is 0 Å². The van der Waals surface area contributed by atoms with Crippen molar-refractivity contribution in [1.82, 2.24) is 0 Å². The van der Waals surface area contributed by atoms with Crippen LogP contribution in [0.2, 0.25) is 9.63 Å². The summed E-state index contributed by atoms with van der Waals surface area (Å²) in [5.74, 6) is 0. The summed E-state index contributed by atoms with van der Waals surface area (Å²) in [7, 11) is 0. The number of hydrogen-bond donors (Lipinski definition) is 0. The van der Waals surface area contributed by atoms with Crippen LogP contribution in [-0.4, -0.2) is 0 Å². The van der Waals surface area contributed by atoms with Crippen LogP contribution in [0.1, 0.15) is 0 Å². The molecule has 0 fully saturated rings. The molecule has 11 heavy (non-hydrogen) atoms. The van der Waals surface area contributed by atoms with E-state index in [-0.39, 0.29) is 0 Å². The van der Waals surface area contributed by atoms with Gasteiger partial charge in [-0.15, -0.1) is 0 Å². The predicted molar refractivity (Wildman–Crippen MR) is 44.1 cm³/mol. The Morgan fingerprint density at radius 1 is 0.636 bits per heavy atom. The third kappa shape index (κ3) is 1.74. The van der Waals surface area contributed by atoms with Crippen molar-refractivity contribution in [3.8, 4) is 0 Å². The molecule has 0 N–H and O–H groups in total. The van der Waals surface area contributed by atoms with Crippen molar-refractivity contribution in [2.75, 3.05) is 0 Å². The topological polar surface area (TPSA) is 0 Å². The van der Waals surface area contributed by atoms with Crippen LogP contribution in [0, 0.1) is 0 Å². The van der Waals surface area contributed by atoms with Crippen molar-refractivity contribution in [2.45, 2.75) is 9.63 Å². The van der Waals surface area contributed by atoms with Gasteiger partial charge < -0.3 is 0 Å². The molecular formula is C10H10Cu. The summed E-state index contributed by atoms with van der Waals surface area (Å²) < 4.78 is 0. The molecule has 0 aromatic rings. The average molecular weight is 194 g/mol. The molecule has 0 bridgehead atoms. The molecule has 2 aliphatic rings. The van der Waals surface area contributed by atoms with Gasteiger partial charge in [-0.3, -0.25) is 0 Å². The Hall–Kier alpha value is -0.521. The molecular weight excluding hydrogens is 184 g/mol. The zero-order chi connectivity index (χ0) is 7.52. The quantitative estimate of drug-likeness (QED) is 0.592. The van der Waals surface area contributed by atoms with Gasteiger partial charge in [-0.1, -0.05) is 0 Å². The Bertz CT molecular complexity index is 196. The third-order valence-electron chi connectivity index (χ3n) is 1.58. The summed E-state index contributed by atoms with van der Waals surface area (Å²) >= 11 is 2.06. The fraction of sp³-hybridized carbons (Fsp3) is 0.200. The van der Waals surface area contributed by atoms with Crippen LogP contribution in [0.4, 0.5) is 0 Å². The van der Waals surface area contributed by atoms with Crippen molar-refractivity contribution < 1.29 is 15.0 Å². The SMILES string of the molecule is C1=C[CH]([Cu][CH]2C=CC=C2)C=C1. The van der Waals surface area contributed by atoms with Crippen LogP contribution >= 0.6 is 0 Å². The minimum absolute atomic E-state index is 0.580. The van der Waals surface area contributed by atoms with Crippen molar-refractivity contribution in [3.05, 3.63) is 48.6 Å². The zero-order valence-electron chi connectivity index (χ0n) is 6.08. The minimum atomic E-state index is 0.580. The Morgan fingerprint density at radius 3 is 1.36 bits per heavy atom. The first-order valence-electron chi connectivity index (χ1n) is 3.68. The van der Waals surface area contributed by atoms with E-state index in [9.17, 15) is 0 Å². The molecule has 0 unspecified atom stereocenters. The molecule has 0 heterocycles. The van der Waals surface area contributed by atoms with E-state index in [0.717, 1.165) is 0 Å². The Kier molecular flexibility index (Phi) is 2.11. The van der Waals surface area contributed by atoms with E-state index < -0.39 is 0 Å². The molecule has 2 rings (SSSR count). The molecule has 0 spiro atoms. The fourth-order valence-corrected chi connectivity index (χ4v) is 2.30. The van der Waals surface area contributed by atoms with Crippen LogP contribution in [-0.2, 0) is 15.0 Å². The van der Waals surface area contributed by atoms with Crippen LogP contribution in [0.5, 0.6) is 0 Å². The second kappa shape index (κ2) is 3.25. The standard InChI is InChI=1S/2C5H5.Cu/c2*1-2-4-5-3-1;/h2*1-5H;. The van der Waals surface area contributed by atoms with Gasteiger partial charge in [-0.05, 0) is 0 Å². The molecule has 0 saturated carbocycles. The maximum absolute atomic E-state index is 2.22. The van der Waals surface area contributed by atoms with Gasteiger partial charge in [0, 0.05) is 0 Å². The monoisotopic (exact) mass is 193 g/mol. The summed E-state index contributed by atoms with van der Waals surface area (Å²) in [5, 5.41) is 0. The molecule has 0 amide bonds. The molecule has 0 nitrogen and oxygen atoms in total. The Morgan fingerprint density at radius 2 is 1.00 bits per heavy atom. The molecule has 0 aliphatic heterocycles. The predicted octanol–water partition coefficient (Wildman–Crippen LogP) is 2.90. The molecule has 0 radical (unpaired) electrons. The average Bonchev–Trinajstić information content (AvgIpc) is 2.60. The molecule has 0 aromatic heterocycles. The van der Waals surface area contributed by atoms with Gasteiger partial charge in [-0.25, -0.2) is 0 Å². The van der Waals surface area contributed by atoms with Gasteiger partial charge in [0.25, 0.3) is 0 Å². The second-order valence-electron chi connectivity index (χ2n) is 2.43. The Labute approximate surface area is 73.5 Å². The first kappa shape index (κ1) is 7.15. The molecule has 61 valence electrons.